The lowest BCUT2D eigenvalue weighted by Crippen LogP contribution is -2.52. The molecule has 1 N–H and O–H groups in total. The van der Waals surface area contributed by atoms with E-state index in [4.69, 9.17) is 6.42 Å². The highest BCUT2D eigenvalue weighted by molar-refractivity contribution is 14.1. The molecule has 2 amide bonds. The Kier molecular flexibility index (Phi) is 7.66. The molecule has 168 valence electrons. The van der Waals surface area contributed by atoms with Crippen molar-refractivity contribution in [1.82, 2.24) is 4.90 Å². The summed E-state index contributed by atoms with van der Waals surface area (Å²) in [5.41, 5.74) is 1.30. The van der Waals surface area contributed by atoms with Crippen LogP contribution in [0.4, 0.5) is 5.69 Å². The van der Waals surface area contributed by atoms with Crippen LogP contribution in [0.2, 0.25) is 0 Å². The van der Waals surface area contributed by atoms with Crippen LogP contribution < -0.4 is 5.32 Å². The van der Waals surface area contributed by atoms with Crippen molar-refractivity contribution in [2.45, 2.75) is 38.1 Å². The van der Waals surface area contributed by atoms with Gasteiger partial charge in [0.1, 0.15) is 6.04 Å². The largest absolute Gasteiger partial charge is 0.324 e. The Morgan fingerprint density at radius 2 is 1.70 bits per heavy atom. The van der Waals surface area contributed by atoms with Crippen molar-refractivity contribution in [3.05, 3.63) is 75.9 Å². The molecule has 3 aromatic rings. The first kappa shape index (κ1) is 23.3. The van der Waals surface area contributed by atoms with Gasteiger partial charge in [-0.2, -0.15) is 0 Å². The molecule has 0 spiro atoms. The number of nitrogens with zero attached hydrogens (tertiary/aromatic N) is 1. The average Bonchev–Trinajstić information content (AvgIpc) is 2.84. The number of halogens is 1. The quantitative estimate of drug-likeness (QED) is 0.298. The lowest BCUT2D eigenvalue weighted by Gasteiger charge is -2.37. The molecule has 3 aromatic carbocycles. The zero-order valence-electron chi connectivity index (χ0n) is 18.5. The monoisotopic (exact) mass is 550 g/mol. The molecule has 1 atom stereocenters. The third-order valence-corrected chi connectivity index (χ3v) is 7.29. The summed E-state index contributed by atoms with van der Waals surface area (Å²) in [6.45, 7) is 0.0934. The number of anilines is 1. The fourth-order valence-corrected chi connectivity index (χ4v) is 5.35. The van der Waals surface area contributed by atoms with E-state index in [1.165, 1.54) is 0 Å². The minimum absolute atomic E-state index is 0.0814. The van der Waals surface area contributed by atoms with E-state index in [0.717, 1.165) is 52.1 Å². The fourth-order valence-electron chi connectivity index (χ4n) is 4.73. The average molecular weight is 550 g/mol. The van der Waals surface area contributed by atoms with Gasteiger partial charge in [-0.3, -0.25) is 9.59 Å². The van der Waals surface area contributed by atoms with E-state index < -0.39 is 6.04 Å². The fraction of sp³-hybridized carbons (Fsp3) is 0.286. The highest BCUT2D eigenvalue weighted by Crippen LogP contribution is 2.31. The van der Waals surface area contributed by atoms with Gasteiger partial charge in [-0.1, -0.05) is 67.6 Å². The van der Waals surface area contributed by atoms with Crippen molar-refractivity contribution in [1.29, 1.82) is 0 Å². The highest BCUT2D eigenvalue weighted by Gasteiger charge is 2.37. The van der Waals surface area contributed by atoms with E-state index in [-0.39, 0.29) is 24.3 Å². The van der Waals surface area contributed by atoms with Gasteiger partial charge in [-0.05, 0) is 76.4 Å². The first-order valence-corrected chi connectivity index (χ1v) is 12.4. The third kappa shape index (κ3) is 5.39. The van der Waals surface area contributed by atoms with Crippen LogP contribution >= 0.6 is 22.6 Å². The molecule has 0 radical (unpaired) electrons. The number of nitrogens with one attached hydrogen (secondary N) is 1. The molecule has 0 aliphatic heterocycles. The highest BCUT2D eigenvalue weighted by atomic mass is 127. The molecule has 1 saturated carbocycles. The Bertz CT molecular complexity index is 1190. The number of fused-ring (bicyclic) bond motifs is 1. The molecule has 1 fully saturated rings. The SMILES string of the molecule is C#CCN(C(=O)c1ccccc1I)C(C(=O)Nc1ccc2ccccc2c1)C1CCCCC1. The van der Waals surface area contributed by atoms with Gasteiger partial charge in [-0.15, -0.1) is 6.42 Å². The number of rotatable bonds is 6. The van der Waals surface area contributed by atoms with Gasteiger partial charge in [0.25, 0.3) is 5.91 Å². The van der Waals surface area contributed by atoms with Crippen molar-refractivity contribution >= 4 is 50.9 Å². The molecule has 1 unspecified atom stereocenters. The Labute approximate surface area is 208 Å². The second-order valence-corrected chi connectivity index (χ2v) is 9.67. The summed E-state index contributed by atoms with van der Waals surface area (Å²) in [4.78, 5) is 28.9. The van der Waals surface area contributed by atoms with Crippen LogP contribution in [0.1, 0.15) is 42.5 Å². The molecule has 1 aliphatic carbocycles. The van der Waals surface area contributed by atoms with Gasteiger partial charge in [0.15, 0.2) is 0 Å². The molecule has 1 aliphatic rings. The topological polar surface area (TPSA) is 49.4 Å². The van der Waals surface area contributed by atoms with E-state index >= 15 is 0 Å². The first-order chi connectivity index (χ1) is 16.1. The summed E-state index contributed by atoms with van der Waals surface area (Å²) >= 11 is 2.16. The lowest BCUT2D eigenvalue weighted by molar-refractivity contribution is -0.122. The maximum Gasteiger partial charge on any atom is 0.256 e. The number of terminal acetylenes is 1. The molecule has 5 heteroatoms. The summed E-state index contributed by atoms with van der Waals surface area (Å²) in [5.74, 6) is 2.34. The molecule has 33 heavy (non-hydrogen) atoms. The molecular formula is C28H27IN2O2. The van der Waals surface area contributed by atoms with Crippen LogP contribution in [-0.2, 0) is 4.79 Å². The standard InChI is InChI=1S/C28H27IN2O2/c1-2-18-31(28(33)24-14-8-9-15-25(24)29)26(21-11-4-3-5-12-21)27(32)30-23-17-16-20-10-6-7-13-22(20)19-23/h1,6-10,13-17,19,21,26H,3-5,11-12,18H2,(H,30,32). The van der Waals surface area contributed by atoms with Crippen molar-refractivity contribution in [3.8, 4) is 12.3 Å². The number of hydrogen-bond donors (Lipinski definition) is 1. The van der Waals surface area contributed by atoms with E-state index in [0.29, 0.717) is 5.56 Å². The molecule has 4 nitrogen and oxygen atoms in total. The van der Waals surface area contributed by atoms with Crippen LogP contribution in [0.15, 0.2) is 66.7 Å². The predicted octanol–water partition coefficient (Wildman–Crippen LogP) is 6.11. The maximum absolute atomic E-state index is 13.7. The summed E-state index contributed by atoms with van der Waals surface area (Å²) < 4.78 is 0.847. The Hall–Kier alpha value is -2.85. The van der Waals surface area contributed by atoms with Crippen LogP contribution in [0.3, 0.4) is 0 Å². The minimum Gasteiger partial charge on any atom is -0.324 e. The third-order valence-electron chi connectivity index (χ3n) is 6.34. The van der Waals surface area contributed by atoms with Crippen molar-refractivity contribution in [2.24, 2.45) is 5.92 Å². The first-order valence-electron chi connectivity index (χ1n) is 11.4. The minimum atomic E-state index is -0.615. The van der Waals surface area contributed by atoms with Gasteiger partial charge in [0.2, 0.25) is 5.91 Å². The number of amides is 2. The lowest BCUT2D eigenvalue weighted by atomic mass is 9.82. The van der Waals surface area contributed by atoms with Crippen LogP contribution in [0, 0.1) is 21.8 Å². The molecule has 0 saturated heterocycles. The van der Waals surface area contributed by atoms with E-state index in [9.17, 15) is 9.59 Å². The van der Waals surface area contributed by atoms with Crippen molar-refractivity contribution in [3.63, 3.8) is 0 Å². The van der Waals surface area contributed by atoms with Gasteiger partial charge in [0, 0.05) is 9.26 Å². The number of carbonyl (C=O) groups is 2. The summed E-state index contributed by atoms with van der Waals surface area (Å²) in [5, 5.41) is 5.26. The number of carbonyl (C=O) groups excluding carboxylic acids is 2. The second kappa shape index (κ2) is 10.8. The second-order valence-electron chi connectivity index (χ2n) is 8.51. The number of benzene rings is 3. The zero-order chi connectivity index (χ0) is 23.2. The van der Waals surface area contributed by atoms with Gasteiger partial charge >= 0.3 is 0 Å². The van der Waals surface area contributed by atoms with Crippen LogP contribution in [-0.4, -0.2) is 29.3 Å². The summed E-state index contributed by atoms with van der Waals surface area (Å²) in [7, 11) is 0. The Morgan fingerprint density at radius 3 is 2.42 bits per heavy atom. The van der Waals surface area contributed by atoms with Crippen LogP contribution in [0.5, 0.6) is 0 Å². The normalized spacial score (nSPS) is 14.9. The molecule has 0 heterocycles. The molecular weight excluding hydrogens is 523 g/mol. The van der Waals surface area contributed by atoms with E-state index in [2.05, 4.69) is 33.8 Å². The van der Waals surface area contributed by atoms with E-state index in [1.54, 1.807) is 11.0 Å². The van der Waals surface area contributed by atoms with Gasteiger partial charge in [-0.25, -0.2) is 0 Å². The predicted molar refractivity (Wildman–Crippen MR) is 142 cm³/mol. The van der Waals surface area contributed by atoms with E-state index in [1.807, 2.05) is 60.7 Å². The molecule has 0 bridgehead atoms. The van der Waals surface area contributed by atoms with Gasteiger partial charge in [0.05, 0.1) is 12.1 Å². The maximum atomic E-state index is 13.7. The molecule has 0 aromatic heterocycles. The van der Waals surface area contributed by atoms with Crippen molar-refractivity contribution in [2.75, 3.05) is 11.9 Å². The molecule has 4 rings (SSSR count). The summed E-state index contributed by atoms with van der Waals surface area (Å²) in [6, 6.07) is 20.7. The number of hydrogen-bond acceptors (Lipinski definition) is 2. The Balaban J connectivity index is 1.67. The van der Waals surface area contributed by atoms with Crippen LogP contribution in [0.25, 0.3) is 10.8 Å². The van der Waals surface area contributed by atoms with Gasteiger partial charge < -0.3 is 10.2 Å². The zero-order valence-corrected chi connectivity index (χ0v) is 20.6. The van der Waals surface area contributed by atoms with Crippen molar-refractivity contribution < 1.29 is 9.59 Å². The smallest absolute Gasteiger partial charge is 0.256 e. The summed E-state index contributed by atoms with van der Waals surface area (Å²) in [6.07, 6.45) is 10.8. The Morgan fingerprint density at radius 1 is 1.00 bits per heavy atom.